The van der Waals surface area contributed by atoms with Gasteiger partial charge in [-0.1, -0.05) is 0 Å². The third-order valence-corrected chi connectivity index (χ3v) is 6.20. The van der Waals surface area contributed by atoms with Crippen LogP contribution in [0.15, 0.2) is 12.4 Å². The Morgan fingerprint density at radius 3 is 2.92 bits per heavy atom. The van der Waals surface area contributed by atoms with Gasteiger partial charge in [0.25, 0.3) is 0 Å². The largest absolute Gasteiger partial charge is 0.370 e. The molecule has 0 aromatic carbocycles. The highest BCUT2D eigenvalue weighted by Crippen LogP contribution is 2.38. The lowest BCUT2D eigenvalue weighted by atomic mass is 9.95. The molecule has 0 unspecified atom stereocenters. The lowest BCUT2D eigenvalue weighted by molar-refractivity contribution is -0.655. The zero-order chi connectivity index (χ0) is 17.0. The molecule has 5 heterocycles. The van der Waals surface area contributed by atoms with Crippen molar-refractivity contribution in [3.05, 3.63) is 23.7 Å². The van der Waals surface area contributed by atoms with E-state index in [1.54, 1.807) is 17.7 Å². The van der Waals surface area contributed by atoms with Crippen molar-refractivity contribution in [2.24, 2.45) is 0 Å². The third kappa shape index (κ3) is 2.58. The molecule has 2 aliphatic heterocycles. The van der Waals surface area contributed by atoms with Crippen LogP contribution in [0.2, 0.25) is 0 Å². The summed E-state index contributed by atoms with van der Waals surface area (Å²) in [7, 11) is 0. The van der Waals surface area contributed by atoms with Gasteiger partial charge in [0.2, 0.25) is 0 Å². The van der Waals surface area contributed by atoms with Crippen molar-refractivity contribution >= 4 is 37.6 Å². The van der Waals surface area contributed by atoms with Gasteiger partial charge < -0.3 is 15.0 Å². The molecule has 0 atom stereocenters. The number of rotatable bonds is 1. The van der Waals surface area contributed by atoms with Crippen LogP contribution in [0.3, 0.4) is 0 Å². The molecule has 3 aromatic heterocycles. The molecule has 130 valence electrons. The van der Waals surface area contributed by atoms with E-state index in [2.05, 4.69) is 40.1 Å². The van der Waals surface area contributed by atoms with E-state index in [1.807, 2.05) is 0 Å². The smallest absolute Gasteiger partial charge is 0.150 e. The predicted molar refractivity (Wildman–Crippen MR) is 99.2 cm³/mol. The second kappa shape index (κ2) is 5.59. The zero-order valence-corrected chi connectivity index (χ0v) is 15.4. The molecule has 2 N–H and O–H groups in total. The van der Waals surface area contributed by atoms with Gasteiger partial charge in [-0.2, -0.15) is 0 Å². The minimum atomic E-state index is -0.139. The summed E-state index contributed by atoms with van der Waals surface area (Å²) < 4.78 is 7.13. The van der Waals surface area contributed by atoms with Crippen LogP contribution in [0, 0.1) is 0 Å². The summed E-state index contributed by atoms with van der Waals surface area (Å²) in [4.78, 5) is 17.6. The molecule has 6 nitrogen and oxygen atoms in total. The molecule has 0 aliphatic carbocycles. The fourth-order valence-corrected chi connectivity index (χ4v) is 4.91. The summed E-state index contributed by atoms with van der Waals surface area (Å²) >= 11 is 1.73. The van der Waals surface area contributed by atoms with Crippen molar-refractivity contribution in [1.29, 1.82) is 0 Å². The summed E-state index contributed by atoms with van der Waals surface area (Å²) in [6.45, 7) is 9.19. The number of fused-ring (bicyclic) bond motifs is 4. The Morgan fingerprint density at radius 1 is 1.24 bits per heavy atom. The second-order valence-corrected chi connectivity index (χ2v) is 8.50. The van der Waals surface area contributed by atoms with Gasteiger partial charge >= 0.3 is 0 Å². The number of thiophene rings is 1. The van der Waals surface area contributed by atoms with E-state index in [0.717, 1.165) is 64.5 Å². The van der Waals surface area contributed by atoms with Crippen LogP contribution >= 0.6 is 11.3 Å². The summed E-state index contributed by atoms with van der Waals surface area (Å²) in [5, 5.41) is 3.49. The predicted octanol–water partition coefficient (Wildman–Crippen LogP) is 1.47. The Hall–Kier alpha value is -1.83. The Balaban J connectivity index is 1.68. The first kappa shape index (κ1) is 15.4. The molecule has 0 radical (unpaired) electrons. The summed E-state index contributed by atoms with van der Waals surface area (Å²) in [5.74, 6) is 1.07. The van der Waals surface area contributed by atoms with Crippen LogP contribution in [0.5, 0.6) is 0 Å². The van der Waals surface area contributed by atoms with E-state index in [9.17, 15) is 0 Å². The van der Waals surface area contributed by atoms with Gasteiger partial charge in [0.1, 0.15) is 11.2 Å². The van der Waals surface area contributed by atoms with Crippen molar-refractivity contribution in [3.63, 3.8) is 0 Å². The Bertz CT molecular complexity index is 961. The average molecular weight is 356 g/mol. The van der Waals surface area contributed by atoms with E-state index in [-0.39, 0.29) is 5.60 Å². The lowest BCUT2D eigenvalue weighted by Gasteiger charge is -2.30. The van der Waals surface area contributed by atoms with Gasteiger partial charge in [0.05, 0.1) is 54.3 Å². The molecule has 0 saturated carbocycles. The van der Waals surface area contributed by atoms with Crippen LogP contribution in [0.1, 0.15) is 25.1 Å². The van der Waals surface area contributed by atoms with Gasteiger partial charge in [-0.25, -0.2) is 15.0 Å². The number of ether oxygens (including phenoxy) is 1. The Morgan fingerprint density at radius 2 is 2.08 bits per heavy atom. The minimum Gasteiger partial charge on any atom is -0.370 e. The molecular formula is C18H22N5OS+. The summed E-state index contributed by atoms with van der Waals surface area (Å²) in [6, 6.07) is 2.23. The number of hydrogen-bond donors (Lipinski definition) is 1. The molecule has 1 saturated heterocycles. The number of piperazine rings is 1. The first-order valence-electron chi connectivity index (χ1n) is 8.87. The highest BCUT2D eigenvalue weighted by Gasteiger charge is 2.28. The quantitative estimate of drug-likeness (QED) is 0.715. The number of pyridine rings is 1. The number of hydrogen-bond acceptors (Lipinski definition) is 6. The normalized spacial score (nSPS) is 20.2. The molecule has 1 fully saturated rings. The first-order valence-corrected chi connectivity index (χ1v) is 9.69. The average Bonchev–Trinajstić information content (AvgIpc) is 2.97. The number of nitrogens with zero attached hydrogens (tertiary/aromatic N) is 4. The molecule has 3 aromatic rings. The summed E-state index contributed by atoms with van der Waals surface area (Å²) in [6.07, 6.45) is 2.55. The van der Waals surface area contributed by atoms with Crippen LogP contribution in [0.25, 0.3) is 20.4 Å². The fourth-order valence-electron chi connectivity index (χ4n) is 3.76. The van der Waals surface area contributed by atoms with E-state index in [4.69, 9.17) is 9.72 Å². The molecule has 0 bridgehead atoms. The van der Waals surface area contributed by atoms with Crippen molar-refractivity contribution in [2.45, 2.75) is 32.5 Å². The maximum absolute atomic E-state index is 5.97. The second-order valence-electron chi connectivity index (χ2n) is 7.50. The minimum absolute atomic E-state index is 0.139. The van der Waals surface area contributed by atoms with E-state index >= 15 is 0 Å². The fraction of sp³-hybridized carbons (Fsp3) is 0.500. The summed E-state index contributed by atoms with van der Waals surface area (Å²) in [5.41, 5.74) is 3.25. The van der Waals surface area contributed by atoms with Crippen molar-refractivity contribution in [2.75, 3.05) is 31.1 Å². The molecule has 2 aliphatic rings. The lowest BCUT2D eigenvalue weighted by Crippen LogP contribution is -2.89. The van der Waals surface area contributed by atoms with Crippen molar-refractivity contribution in [1.82, 2.24) is 15.0 Å². The maximum Gasteiger partial charge on any atom is 0.150 e. The zero-order valence-electron chi connectivity index (χ0n) is 14.6. The third-order valence-electron chi connectivity index (χ3n) is 5.11. The van der Waals surface area contributed by atoms with E-state index in [1.165, 1.54) is 5.56 Å². The molecular weight excluding hydrogens is 334 g/mol. The highest BCUT2D eigenvalue weighted by atomic mass is 32.1. The van der Waals surface area contributed by atoms with Gasteiger partial charge in [-0.05, 0) is 19.9 Å². The number of nitrogens with two attached hydrogens (primary N) is 1. The van der Waals surface area contributed by atoms with E-state index < -0.39 is 0 Å². The topological polar surface area (TPSA) is 67.8 Å². The Labute approximate surface area is 150 Å². The van der Waals surface area contributed by atoms with Gasteiger partial charge in [0, 0.05) is 17.4 Å². The van der Waals surface area contributed by atoms with Gasteiger partial charge in [0.15, 0.2) is 5.82 Å². The molecule has 25 heavy (non-hydrogen) atoms. The molecule has 0 spiro atoms. The first-order chi connectivity index (χ1) is 12.1. The highest BCUT2D eigenvalue weighted by molar-refractivity contribution is 7.25. The molecule has 5 rings (SSSR count). The number of quaternary nitrogens is 1. The van der Waals surface area contributed by atoms with Crippen molar-refractivity contribution < 1.29 is 10.1 Å². The monoisotopic (exact) mass is 356 g/mol. The standard InChI is InChI=1S/C18H21N5OS/c1-18(2)8-13-11(9-24-18)7-12-14-15(25-17(12)22-13)16(21-10-20-14)23-5-3-19-4-6-23/h7,10,19H,3-6,8-9H2,1-2H3/p+1. The van der Waals surface area contributed by atoms with Crippen LogP contribution in [0.4, 0.5) is 5.82 Å². The maximum atomic E-state index is 5.97. The van der Waals surface area contributed by atoms with Crippen LogP contribution in [-0.4, -0.2) is 46.7 Å². The van der Waals surface area contributed by atoms with Crippen molar-refractivity contribution in [3.8, 4) is 0 Å². The van der Waals surface area contributed by atoms with E-state index in [0.29, 0.717) is 6.61 Å². The molecule has 0 amide bonds. The molecule has 7 heteroatoms. The van der Waals surface area contributed by atoms with Crippen LogP contribution < -0.4 is 10.2 Å². The Kier molecular flexibility index (Phi) is 3.45. The number of anilines is 1. The SMILES string of the molecule is CC1(C)Cc2nc3sc4c(N5CC[NH2+]CC5)ncnc4c3cc2CO1. The number of aromatic nitrogens is 3. The van der Waals surface area contributed by atoms with Gasteiger partial charge in [-0.15, -0.1) is 11.3 Å². The van der Waals surface area contributed by atoms with Gasteiger partial charge in [-0.3, -0.25) is 0 Å². The van der Waals surface area contributed by atoms with Crippen LogP contribution in [-0.2, 0) is 17.8 Å².